The average Bonchev–Trinajstić information content (AvgIpc) is 2.21. The van der Waals surface area contributed by atoms with Crippen LogP contribution in [0.2, 0.25) is 0 Å². The summed E-state index contributed by atoms with van der Waals surface area (Å²) in [4.78, 5) is 14.5. The van der Waals surface area contributed by atoms with Gasteiger partial charge in [0.15, 0.2) is 23.3 Å². The van der Waals surface area contributed by atoms with Crippen LogP contribution in [-0.4, -0.2) is 17.4 Å². The Balaban J connectivity index is 2.83. The topological polar surface area (TPSA) is 94.0 Å². The molecule has 0 radical (unpaired) electrons. The number of nitrogen functional groups attached to an aromatic ring is 1. The zero-order valence-electron chi connectivity index (χ0n) is 9.55. The molecule has 94 valence electrons. The maximum absolute atomic E-state index is 13.3. The molecule has 17 heavy (non-hydrogen) atoms. The molecule has 0 spiro atoms. The molecule has 1 heterocycles. The lowest BCUT2D eigenvalue weighted by Crippen LogP contribution is -2.37. The molecule has 0 saturated carbocycles. The van der Waals surface area contributed by atoms with E-state index >= 15 is 0 Å². The largest absolute Gasteiger partial charge is 0.381 e. The molecule has 0 fully saturated rings. The van der Waals surface area contributed by atoms with Crippen LogP contribution in [-0.2, 0) is 4.79 Å². The van der Waals surface area contributed by atoms with E-state index in [1.54, 1.807) is 13.8 Å². The van der Waals surface area contributed by atoms with Crippen LogP contribution in [0.15, 0.2) is 6.07 Å². The van der Waals surface area contributed by atoms with E-state index in [2.05, 4.69) is 10.3 Å². The van der Waals surface area contributed by atoms with Gasteiger partial charge in [0, 0.05) is 12.6 Å². The van der Waals surface area contributed by atoms with E-state index in [0.717, 1.165) is 0 Å². The van der Waals surface area contributed by atoms with Crippen LogP contribution in [0, 0.1) is 17.0 Å². The second-order valence-electron chi connectivity index (χ2n) is 4.29. The number of halogens is 2. The molecule has 5 N–H and O–H groups in total. The van der Waals surface area contributed by atoms with Crippen molar-refractivity contribution in [2.24, 2.45) is 11.1 Å². The fourth-order valence-corrected chi connectivity index (χ4v) is 0.997. The van der Waals surface area contributed by atoms with Gasteiger partial charge in [0.1, 0.15) is 0 Å². The molecule has 1 aromatic heterocycles. The van der Waals surface area contributed by atoms with E-state index in [-0.39, 0.29) is 12.4 Å². The molecule has 0 aliphatic rings. The summed E-state index contributed by atoms with van der Waals surface area (Å²) in [6.45, 7) is 3.25. The highest BCUT2D eigenvalue weighted by Crippen LogP contribution is 2.19. The number of carbonyl (C=O) groups excluding carboxylic acids is 1. The Kier molecular flexibility index (Phi) is 3.50. The second kappa shape index (κ2) is 4.52. The van der Waals surface area contributed by atoms with Gasteiger partial charge >= 0.3 is 0 Å². The molecule has 0 atom stereocenters. The lowest BCUT2D eigenvalue weighted by atomic mass is 9.93. The normalized spacial score (nSPS) is 11.3. The summed E-state index contributed by atoms with van der Waals surface area (Å²) in [7, 11) is 0. The Morgan fingerprint density at radius 3 is 2.59 bits per heavy atom. The van der Waals surface area contributed by atoms with Gasteiger partial charge in [0.2, 0.25) is 5.91 Å². The van der Waals surface area contributed by atoms with Gasteiger partial charge in [-0.05, 0) is 13.8 Å². The van der Waals surface area contributed by atoms with Crippen LogP contribution in [0.5, 0.6) is 0 Å². The molecule has 1 amide bonds. The molecule has 0 unspecified atom stereocenters. The summed E-state index contributed by atoms with van der Waals surface area (Å²) in [5.41, 5.74) is 9.48. The predicted molar refractivity (Wildman–Crippen MR) is 60.0 cm³/mol. The van der Waals surface area contributed by atoms with E-state index in [1.807, 2.05) is 0 Å². The van der Waals surface area contributed by atoms with Crippen molar-refractivity contribution in [3.63, 3.8) is 0 Å². The molecule has 0 bridgehead atoms. The third-order valence-electron chi connectivity index (χ3n) is 2.32. The van der Waals surface area contributed by atoms with Gasteiger partial charge in [-0.25, -0.2) is 13.8 Å². The third kappa shape index (κ3) is 3.02. The van der Waals surface area contributed by atoms with Crippen LogP contribution < -0.4 is 16.8 Å². The van der Waals surface area contributed by atoms with Gasteiger partial charge in [-0.2, -0.15) is 0 Å². The molecule has 0 saturated heterocycles. The minimum absolute atomic E-state index is 0.0668. The first-order valence-electron chi connectivity index (χ1n) is 4.89. The van der Waals surface area contributed by atoms with Gasteiger partial charge < -0.3 is 16.8 Å². The number of amides is 1. The number of nitrogens with one attached hydrogen (secondary N) is 1. The highest BCUT2D eigenvalue weighted by molar-refractivity contribution is 5.80. The van der Waals surface area contributed by atoms with Crippen molar-refractivity contribution in [2.75, 3.05) is 17.6 Å². The number of rotatable bonds is 4. The van der Waals surface area contributed by atoms with Crippen LogP contribution in [0.25, 0.3) is 0 Å². The molecular weight excluding hydrogens is 230 g/mol. The van der Waals surface area contributed by atoms with Crippen LogP contribution in [0.3, 0.4) is 0 Å². The molecule has 1 rings (SSSR count). The van der Waals surface area contributed by atoms with Crippen LogP contribution in [0.1, 0.15) is 13.8 Å². The fourth-order valence-electron chi connectivity index (χ4n) is 0.997. The number of aromatic nitrogens is 1. The molecule has 0 aliphatic heterocycles. The summed E-state index contributed by atoms with van der Waals surface area (Å²) in [6.07, 6.45) is 0. The maximum Gasteiger partial charge on any atom is 0.224 e. The van der Waals surface area contributed by atoms with Crippen LogP contribution in [0.4, 0.5) is 20.4 Å². The van der Waals surface area contributed by atoms with E-state index in [0.29, 0.717) is 6.07 Å². The van der Waals surface area contributed by atoms with Crippen molar-refractivity contribution in [3.8, 4) is 0 Å². The number of nitrogens with two attached hydrogens (primary N) is 2. The van der Waals surface area contributed by atoms with Crippen molar-refractivity contribution in [1.82, 2.24) is 4.98 Å². The smallest absolute Gasteiger partial charge is 0.224 e. The van der Waals surface area contributed by atoms with Gasteiger partial charge in [-0.1, -0.05) is 0 Å². The molecule has 0 aromatic carbocycles. The van der Waals surface area contributed by atoms with Crippen molar-refractivity contribution in [3.05, 3.63) is 17.7 Å². The van der Waals surface area contributed by atoms with Gasteiger partial charge in [-0.3, -0.25) is 4.79 Å². The highest BCUT2D eigenvalue weighted by atomic mass is 19.1. The van der Waals surface area contributed by atoms with Gasteiger partial charge in [-0.15, -0.1) is 0 Å². The van der Waals surface area contributed by atoms with E-state index in [9.17, 15) is 13.6 Å². The SMILES string of the molecule is CC(C)(CNc1nc(N)c(F)cc1F)C(N)=O. The number of nitrogens with zero attached hydrogens (tertiary/aromatic N) is 1. The van der Waals surface area contributed by atoms with Crippen molar-refractivity contribution in [2.45, 2.75) is 13.8 Å². The number of hydrogen-bond acceptors (Lipinski definition) is 4. The second-order valence-corrected chi connectivity index (χ2v) is 4.29. The molecule has 0 aliphatic carbocycles. The number of hydrogen-bond donors (Lipinski definition) is 3. The molecular formula is C10H14F2N4O. The first kappa shape index (κ1) is 13.1. The Hall–Kier alpha value is -1.92. The fraction of sp³-hybridized carbons (Fsp3) is 0.400. The van der Waals surface area contributed by atoms with Crippen molar-refractivity contribution >= 4 is 17.5 Å². The van der Waals surface area contributed by atoms with Crippen molar-refractivity contribution < 1.29 is 13.6 Å². The molecule has 7 heteroatoms. The monoisotopic (exact) mass is 244 g/mol. The number of carbonyl (C=O) groups is 1. The number of anilines is 2. The van der Waals surface area contributed by atoms with Crippen molar-refractivity contribution in [1.29, 1.82) is 0 Å². The van der Waals surface area contributed by atoms with E-state index < -0.39 is 28.8 Å². The molecule has 5 nitrogen and oxygen atoms in total. The third-order valence-corrected chi connectivity index (χ3v) is 2.32. The predicted octanol–water partition coefficient (Wildman–Crippen LogP) is 0.865. The minimum Gasteiger partial charge on any atom is -0.381 e. The average molecular weight is 244 g/mol. The summed E-state index contributed by atoms with van der Waals surface area (Å²) in [5, 5.41) is 2.57. The van der Waals surface area contributed by atoms with E-state index in [1.165, 1.54) is 0 Å². The maximum atomic E-state index is 13.3. The highest BCUT2D eigenvalue weighted by Gasteiger charge is 2.25. The van der Waals surface area contributed by atoms with Gasteiger partial charge in [0.05, 0.1) is 5.41 Å². The molecule has 1 aromatic rings. The Morgan fingerprint density at radius 2 is 2.06 bits per heavy atom. The lowest BCUT2D eigenvalue weighted by molar-refractivity contribution is -0.125. The van der Waals surface area contributed by atoms with Gasteiger partial charge in [0.25, 0.3) is 0 Å². The van der Waals surface area contributed by atoms with E-state index in [4.69, 9.17) is 11.5 Å². The summed E-state index contributed by atoms with van der Waals surface area (Å²) in [5.74, 6) is -2.97. The zero-order valence-corrected chi connectivity index (χ0v) is 9.55. The minimum atomic E-state index is -0.929. The summed E-state index contributed by atoms with van der Waals surface area (Å²) >= 11 is 0. The Morgan fingerprint density at radius 1 is 1.47 bits per heavy atom. The first-order valence-corrected chi connectivity index (χ1v) is 4.89. The summed E-state index contributed by atoms with van der Waals surface area (Å²) < 4.78 is 26.1. The quantitative estimate of drug-likeness (QED) is 0.732. The Bertz CT molecular complexity index is 448. The standard InChI is InChI=1S/C10H14F2N4O/c1-10(2,9(14)17)4-15-8-6(12)3-5(11)7(13)16-8/h3H,4H2,1-2H3,(H2,14,17)(H3,13,15,16). The number of pyridine rings is 1. The zero-order chi connectivity index (χ0) is 13.2. The number of primary amides is 1. The van der Waals surface area contributed by atoms with Crippen LogP contribution >= 0.6 is 0 Å². The summed E-state index contributed by atoms with van der Waals surface area (Å²) in [6, 6.07) is 0.627. The Labute approximate surface area is 97.2 Å². The lowest BCUT2D eigenvalue weighted by Gasteiger charge is -2.21. The first-order chi connectivity index (χ1) is 7.74.